The van der Waals surface area contributed by atoms with Gasteiger partial charge in [-0.2, -0.15) is 0 Å². The van der Waals surface area contributed by atoms with E-state index in [4.69, 9.17) is 16.4 Å². The van der Waals surface area contributed by atoms with Gasteiger partial charge in [0.1, 0.15) is 0 Å². The van der Waals surface area contributed by atoms with Crippen LogP contribution in [-0.4, -0.2) is 28.8 Å². The van der Waals surface area contributed by atoms with Crippen LogP contribution in [0.4, 0.5) is 0 Å². The zero-order chi connectivity index (χ0) is 20.1. The lowest BCUT2D eigenvalue weighted by Gasteiger charge is -2.12. The van der Waals surface area contributed by atoms with Gasteiger partial charge in [-0.25, -0.2) is 4.79 Å². The molecule has 3 rings (SSSR count). The van der Waals surface area contributed by atoms with Crippen LogP contribution in [0, 0.1) is 0 Å². The third-order valence-corrected chi connectivity index (χ3v) is 4.39. The molecule has 0 aromatic heterocycles. The molecule has 2 aromatic carbocycles. The van der Waals surface area contributed by atoms with Gasteiger partial charge in [-0.05, 0) is 36.2 Å². The lowest BCUT2D eigenvalue weighted by Crippen LogP contribution is -2.32. The van der Waals surface area contributed by atoms with Gasteiger partial charge in [-0.3, -0.25) is 14.4 Å². The van der Waals surface area contributed by atoms with Crippen LogP contribution in [0.2, 0.25) is 5.02 Å². The topological polar surface area (TPSA) is 92.8 Å². The second-order valence-electron chi connectivity index (χ2n) is 6.17. The Hall–Kier alpha value is -3.19. The molecule has 1 heterocycles. The largest absolute Gasteiger partial charge is 0.352 e. The van der Waals surface area contributed by atoms with Crippen molar-refractivity contribution in [3.05, 3.63) is 70.2 Å². The fraction of sp³-hybridized carbons (Fsp3) is 0.200. The van der Waals surface area contributed by atoms with Crippen molar-refractivity contribution in [1.29, 1.82) is 0 Å². The fourth-order valence-electron chi connectivity index (χ4n) is 2.68. The van der Waals surface area contributed by atoms with Crippen molar-refractivity contribution in [3.63, 3.8) is 0 Å². The van der Waals surface area contributed by atoms with E-state index in [0.717, 1.165) is 5.56 Å². The van der Waals surface area contributed by atoms with Gasteiger partial charge in [-0.1, -0.05) is 40.9 Å². The third kappa shape index (κ3) is 4.55. The fourth-order valence-corrected chi connectivity index (χ4v) is 2.81. The van der Waals surface area contributed by atoms with E-state index in [9.17, 15) is 19.2 Å². The molecule has 0 radical (unpaired) electrons. The van der Waals surface area contributed by atoms with Crippen LogP contribution in [0.1, 0.15) is 45.5 Å². The Bertz CT molecular complexity index is 891. The SMILES string of the molecule is O=C(CCCC(=O)ON1C(=O)c2ccccc2C1=O)NCc1ccc(Cl)cc1. The molecule has 0 atom stereocenters. The number of hydrogen-bond donors (Lipinski definition) is 1. The zero-order valence-electron chi connectivity index (χ0n) is 14.8. The number of amides is 3. The highest BCUT2D eigenvalue weighted by atomic mass is 35.5. The van der Waals surface area contributed by atoms with Crippen LogP contribution in [0.5, 0.6) is 0 Å². The Labute approximate surface area is 166 Å². The highest BCUT2D eigenvalue weighted by Crippen LogP contribution is 2.23. The molecule has 3 amide bonds. The standard InChI is InChI=1S/C20H17ClN2O5/c21-14-10-8-13(9-11-14)12-22-17(24)6-3-7-18(25)28-23-19(26)15-4-1-2-5-16(15)20(23)27/h1-2,4-5,8-11H,3,6-7,12H2,(H,22,24). The molecule has 7 nitrogen and oxygen atoms in total. The van der Waals surface area contributed by atoms with Crippen molar-refractivity contribution in [2.45, 2.75) is 25.8 Å². The number of hydroxylamine groups is 2. The van der Waals surface area contributed by atoms with Crippen LogP contribution in [0.15, 0.2) is 48.5 Å². The van der Waals surface area contributed by atoms with Gasteiger partial charge >= 0.3 is 5.97 Å². The maximum atomic E-state index is 12.1. The highest BCUT2D eigenvalue weighted by Gasteiger charge is 2.38. The summed E-state index contributed by atoms with van der Waals surface area (Å²) in [6.45, 7) is 0.357. The van der Waals surface area contributed by atoms with E-state index in [1.807, 2.05) is 12.1 Å². The Morgan fingerprint density at radius 1 is 0.929 bits per heavy atom. The number of fused-ring (bicyclic) bond motifs is 1. The van der Waals surface area contributed by atoms with Gasteiger partial charge in [0, 0.05) is 24.4 Å². The molecular weight excluding hydrogens is 384 g/mol. The average Bonchev–Trinajstić information content (AvgIpc) is 2.93. The normalized spacial score (nSPS) is 12.7. The molecule has 1 aliphatic heterocycles. The summed E-state index contributed by atoms with van der Waals surface area (Å²) >= 11 is 5.80. The average molecular weight is 401 g/mol. The molecule has 2 aromatic rings. The van der Waals surface area contributed by atoms with E-state index >= 15 is 0 Å². The number of hydrogen-bond acceptors (Lipinski definition) is 5. The number of carbonyl (C=O) groups is 4. The lowest BCUT2D eigenvalue weighted by atomic mass is 10.1. The van der Waals surface area contributed by atoms with E-state index in [-0.39, 0.29) is 36.3 Å². The van der Waals surface area contributed by atoms with Crippen LogP contribution < -0.4 is 5.32 Å². The van der Waals surface area contributed by atoms with Crippen molar-refractivity contribution in [2.24, 2.45) is 0 Å². The minimum absolute atomic E-state index is 0.0955. The minimum Gasteiger partial charge on any atom is -0.352 e. The van der Waals surface area contributed by atoms with Crippen molar-refractivity contribution in [2.75, 3.05) is 0 Å². The molecule has 28 heavy (non-hydrogen) atoms. The van der Waals surface area contributed by atoms with Crippen LogP contribution in [-0.2, 0) is 21.0 Å². The predicted octanol–water partition coefficient (Wildman–Crippen LogP) is 2.88. The summed E-state index contributed by atoms with van der Waals surface area (Å²) in [6, 6.07) is 13.3. The first-order chi connectivity index (χ1) is 13.5. The molecule has 1 N–H and O–H groups in total. The molecule has 0 fully saturated rings. The Balaban J connectivity index is 1.40. The Kier molecular flexibility index (Phi) is 6.06. The molecular formula is C20H17ClN2O5. The highest BCUT2D eigenvalue weighted by molar-refractivity contribution is 6.30. The van der Waals surface area contributed by atoms with Gasteiger partial charge in [-0.15, -0.1) is 0 Å². The van der Waals surface area contributed by atoms with E-state index in [1.165, 1.54) is 12.1 Å². The Morgan fingerprint density at radius 2 is 1.54 bits per heavy atom. The predicted molar refractivity (Wildman–Crippen MR) is 100 cm³/mol. The number of nitrogens with one attached hydrogen (secondary N) is 1. The number of carbonyl (C=O) groups excluding carboxylic acids is 4. The number of benzene rings is 2. The summed E-state index contributed by atoms with van der Waals surface area (Å²) in [4.78, 5) is 52.9. The van der Waals surface area contributed by atoms with Crippen molar-refractivity contribution >= 4 is 35.3 Å². The first-order valence-electron chi connectivity index (χ1n) is 8.65. The van der Waals surface area contributed by atoms with Gasteiger partial charge in [0.05, 0.1) is 11.1 Å². The summed E-state index contributed by atoms with van der Waals surface area (Å²) < 4.78 is 0. The lowest BCUT2D eigenvalue weighted by molar-refractivity contribution is -0.168. The maximum Gasteiger partial charge on any atom is 0.333 e. The summed E-state index contributed by atoms with van der Waals surface area (Å²) in [6.07, 6.45) is 0.251. The monoisotopic (exact) mass is 400 g/mol. The quantitative estimate of drug-likeness (QED) is 0.721. The van der Waals surface area contributed by atoms with Crippen LogP contribution in [0.25, 0.3) is 0 Å². The number of imide groups is 1. The molecule has 0 aliphatic carbocycles. The summed E-state index contributed by atoms with van der Waals surface area (Å²) in [5, 5.41) is 3.82. The van der Waals surface area contributed by atoms with Crippen molar-refractivity contribution in [3.8, 4) is 0 Å². The maximum absolute atomic E-state index is 12.1. The Morgan fingerprint density at radius 3 is 2.14 bits per heavy atom. The van der Waals surface area contributed by atoms with Crippen molar-refractivity contribution < 1.29 is 24.0 Å². The first kappa shape index (κ1) is 19.6. The summed E-state index contributed by atoms with van der Waals surface area (Å²) in [5.41, 5.74) is 1.30. The van der Waals surface area contributed by atoms with Gasteiger partial charge in [0.2, 0.25) is 5.91 Å². The summed E-state index contributed by atoms with van der Waals surface area (Å²) in [5.74, 6) is -2.31. The second-order valence-corrected chi connectivity index (χ2v) is 6.61. The molecule has 1 aliphatic rings. The van der Waals surface area contributed by atoms with E-state index in [0.29, 0.717) is 16.6 Å². The van der Waals surface area contributed by atoms with Crippen LogP contribution in [0.3, 0.4) is 0 Å². The molecule has 0 unspecified atom stereocenters. The van der Waals surface area contributed by atoms with E-state index in [2.05, 4.69) is 5.32 Å². The third-order valence-electron chi connectivity index (χ3n) is 4.14. The van der Waals surface area contributed by atoms with E-state index in [1.54, 1.807) is 24.3 Å². The number of halogens is 1. The van der Waals surface area contributed by atoms with E-state index < -0.39 is 17.8 Å². The molecule has 0 saturated heterocycles. The summed E-state index contributed by atoms with van der Waals surface area (Å²) in [7, 11) is 0. The smallest absolute Gasteiger partial charge is 0.333 e. The molecule has 0 bridgehead atoms. The van der Waals surface area contributed by atoms with Crippen LogP contribution >= 0.6 is 11.6 Å². The molecule has 0 saturated carbocycles. The molecule has 8 heteroatoms. The zero-order valence-corrected chi connectivity index (χ0v) is 15.6. The van der Waals surface area contributed by atoms with Gasteiger partial charge in [0.15, 0.2) is 0 Å². The van der Waals surface area contributed by atoms with Gasteiger partial charge < -0.3 is 10.2 Å². The number of rotatable bonds is 7. The van der Waals surface area contributed by atoms with Gasteiger partial charge in [0.25, 0.3) is 11.8 Å². The second kappa shape index (κ2) is 8.67. The first-order valence-corrected chi connectivity index (χ1v) is 9.03. The minimum atomic E-state index is -0.750. The number of nitrogens with zero attached hydrogens (tertiary/aromatic N) is 1. The molecule has 0 spiro atoms. The molecule has 144 valence electrons. The van der Waals surface area contributed by atoms with Crippen molar-refractivity contribution in [1.82, 2.24) is 10.4 Å².